The minimum Gasteiger partial charge on any atom is -0.478 e. The fraction of sp³-hybridized carbons (Fsp3) is 0.438. The lowest BCUT2D eigenvalue weighted by Gasteiger charge is -2.46. The highest BCUT2D eigenvalue weighted by Gasteiger charge is 2.45. The summed E-state index contributed by atoms with van der Waals surface area (Å²) in [6.45, 7) is 0. The molecule has 0 saturated heterocycles. The summed E-state index contributed by atoms with van der Waals surface area (Å²) in [4.78, 5) is 21.0. The highest BCUT2D eigenvalue weighted by atomic mass is 79.9. The molecule has 0 atom stereocenters. The first kappa shape index (κ1) is 20.2. The van der Waals surface area contributed by atoms with Gasteiger partial charge in [-0.3, -0.25) is 4.90 Å². The van der Waals surface area contributed by atoms with Crippen LogP contribution in [0.2, 0.25) is 0 Å². The molecular weight excluding hydrogens is 447 g/mol. The Balaban J connectivity index is 2.24. The minimum absolute atomic E-state index is 0.0811. The number of halogens is 4. The Labute approximate surface area is 166 Å². The van der Waals surface area contributed by atoms with Crippen LogP contribution in [0.25, 0.3) is 0 Å². The normalized spacial score (nSPS) is 19.2. The number of nitrogens with zero attached hydrogens (tertiary/aromatic N) is 3. The number of anilines is 1. The summed E-state index contributed by atoms with van der Waals surface area (Å²) in [7, 11) is 0. The van der Waals surface area contributed by atoms with Crippen molar-refractivity contribution in [3.05, 3.63) is 22.2 Å². The van der Waals surface area contributed by atoms with Gasteiger partial charge in [-0.25, -0.2) is 9.79 Å². The maximum absolute atomic E-state index is 13.0. The van der Waals surface area contributed by atoms with Crippen LogP contribution in [0.15, 0.2) is 26.6 Å². The topological polar surface area (TPSA) is 127 Å². The van der Waals surface area contributed by atoms with Gasteiger partial charge in [0.05, 0.1) is 15.7 Å². The van der Waals surface area contributed by atoms with Crippen LogP contribution in [0.1, 0.15) is 42.5 Å². The van der Waals surface area contributed by atoms with E-state index >= 15 is 0 Å². The maximum atomic E-state index is 13.0. The second-order valence-electron chi connectivity index (χ2n) is 6.48. The summed E-state index contributed by atoms with van der Waals surface area (Å²) in [5.41, 5.74) is 10.3. The monoisotopic (exact) mass is 463 g/mol. The third-order valence-electron chi connectivity index (χ3n) is 4.58. The van der Waals surface area contributed by atoms with E-state index in [0.717, 1.165) is 31.4 Å². The summed E-state index contributed by atoms with van der Waals surface area (Å²) in [6, 6.07) is 2.08. The Morgan fingerprint density at radius 1 is 1.25 bits per heavy atom. The largest absolute Gasteiger partial charge is 0.573 e. The van der Waals surface area contributed by atoms with E-state index in [1.165, 1.54) is 4.90 Å². The van der Waals surface area contributed by atoms with Crippen molar-refractivity contribution >= 4 is 39.5 Å². The third kappa shape index (κ3) is 3.86. The summed E-state index contributed by atoms with van der Waals surface area (Å²) in [6.07, 6.45) is -1.67. The molecule has 1 saturated carbocycles. The van der Waals surface area contributed by atoms with Crippen molar-refractivity contribution in [1.29, 1.82) is 0 Å². The Kier molecular flexibility index (Phi) is 5.17. The standard InChI is InChI=1S/C16H17BrF3N5O3/c17-9-6-8(12(26)27)7-10(11(9)28-16(18,19)20)25-14(22)23-13(21)24-15(25)4-2-1-3-5-15/h6-7H,1-5H2,(H,26,27)(H4,21,22,23,24). The van der Waals surface area contributed by atoms with E-state index in [9.17, 15) is 23.1 Å². The predicted octanol–water partition coefficient (Wildman–Crippen LogP) is 3.16. The SMILES string of the molecule is NC1=NC2(CCCCC2)N(c2cc(C(=O)O)cc(Br)c2OC(F)(F)F)C(N)=N1. The third-order valence-corrected chi connectivity index (χ3v) is 5.17. The summed E-state index contributed by atoms with van der Waals surface area (Å²) in [5.74, 6) is -2.22. The van der Waals surface area contributed by atoms with Crippen molar-refractivity contribution in [2.45, 2.75) is 44.1 Å². The van der Waals surface area contributed by atoms with Gasteiger partial charge in [-0.2, -0.15) is 4.99 Å². The van der Waals surface area contributed by atoms with Crippen molar-refractivity contribution in [1.82, 2.24) is 0 Å². The Morgan fingerprint density at radius 2 is 1.89 bits per heavy atom. The van der Waals surface area contributed by atoms with Crippen molar-refractivity contribution in [3.63, 3.8) is 0 Å². The van der Waals surface area contributed by atoms with Crippen LogP contribution in [-0.2, 0) is 0 Å². The van der Waals surface area contributed by atoms with Crippen LogP contribution >= 0.6 is 15.9 Å². The molecule has 1 aromatic carbocycles. The Morgan fingerprint density at radius 3 is 2.46 bits per heavy atom. The van der Waals surface area contributed by atoms with Crippen molar-refractivity contribution in [3.8, 4) is 5.75 Å². The number of ether oxygens (including phenoxy) is 1. The van der Waals surface area contributed by atoms with E-state index in [1.807, 2.05) is 0 Å². The van der Waals surface area contributed by atoms with Gasteiger partial charge < -0.3 is 21.3 Å². The van der Waals surface area contributed by atoms with Crippen LogP contribution in [0.3, 0.4) is 0 Å². The quantitative estimate of drug-likeness (QED) is 0.631. The van der Waals surface area contributed by atoms with Crippen molar-refractivity contribution < 1.29 is 27.8 Å². The number of hydrogen-bond donors (Lipinski definition) is 3. The zero-order valence-corrected chi connectivity index (χ0v) is 16.0. The molecule has 12 heteroatoms. The molecule has 2 aliphatic rings. The number of benzene rings is 1. The zero-order valence-electron chi connectivity index (χ0n) is 14.5. The summed E-state index contributed by atoms with van der Waals surface area (Å²) < 4.78 is 43.1. The number of guanidine groups is 2. The molecule has 0 aromatic heterocycles. The van der Waals surface area contributed by atoms with Gasteiger partial charge in [0.15, 0.2) is 5.75 Å². The van der Waals surface area contributed by atoms with E-state index < -0.39 is 23.7 Å². The number of aliphatic imine (C=N–C) groups is 2. The van der Waals surface area contributed by atoms with Gasteiger partial charge in [0.25, 0.3) is 0 Å². The molecule has 5 N–H and O–H groups in total. The van der Waals surface area contributed by atoms with Gasteiger partial charge in [0.1, 0.15) is 5.66 Å². The average molecular weight is 464 g/mol. The van der Waals surface area contributed by atoms with E-state index in [-0.39, 0.29) is 27.6 Å². The number of carboxylic acids is 1. The number of carboxylic acid groups (broad SMARTS) is 1. The highest BCUT2D eigenvalue weighted by molar-refractivity contribution is 9.10. The number of hydrogen-bond acceptors (Lipinski definition) is 7. The van der Waals surface area contributed by atoms with E-state index in [4.69, 9.17) is 11.5 Å². The average Bonchev–Trinajstić information content (AvgIpc) is 2.56. The Hall–Kier alpha value is -2.50. The second-order valence-corrected chi connectivity index (χ2v) is 7.33. The molecule has 0 amide bonds. The number of rotatable bonds is 3. The van der Waals surface area contributed by atoms with Crippen LogP contribution in [-0.4, -0.2) is 35.0 Å². The molecule has 28 heavy (non-hydrogen) atoms. The number of nitrogens with two attached hydrogens (primary N) is 2. The van der Waals surface area contributed by atoms with Gasteiger partial charge in [0, 0.05) is 0 Å². The molecule has 0 unspecified atom stereocenters. The Bertz CT molecular complexity index is 866. The van der Waals surface area contributed by atoms with Crippen LogP contribution in [0.5, 0.6) is 5.75 Å². The van der Waals surface area contributed by atoms with E-state index in [2.05, 4.69) is 30.7 Å². The smallest absolute Gasteiger partial charge is 0.478 e. The molecule has 0 radical (unpaired) electrons. The maximum Gasteiger partial charge on any atom is 0.573 e. The molecule has 1 spiro atoms. The molecule has 1 aliphatic carbocycles. The van der Waals surface area contributed by atoms with Gasteiger partial charge >= 0.3 is 12.3 Å². The van der Waals surface area contributed by atoms with Gasteiger partial charge in [0.2, 0.25) is 11.9 Å². The first-order valence-corrected chi connectivity index (χ1v) is 9.14. The first-order chi connectivity index (χ1) is 13.0. The molecule has 1 heterocycles. The summed E-state index contributed by atoms with van der Waals surface area (Å²) >= 11 is 2.97. The van der Waals surface area contributed by atoms with Crippen LogP contribution in [0, 0.1) is 0 Å². The number of carbonyl (C=O) groups is 1. The predicted molar refractivity (Wildman–Crippen MR) is 99.3 cm³/mol. The fourth-order valence-corrected chi connectivity index (χ4v) is 4.09. The molecule has 3 rings (SSSR count). The molecule has 152 valence electrons. The van der Waals surface area contributed by atoms with Gasteiger partial charge in [-0.05, 0) is 53.7 Å². The molecule has 8 nitrogen and oxygen atoms in total. The van der Waals surface area contributed by atoms with Crippen LogP contribution < -0.4 is 21.1 Å². The van der Waals surface area contributed by atoms with Crippen LogP contribution in [0.4, 0.5) is 18.9 Å². The van der Waals surface area contributed by atoms with E-state index in [0.29, 0.717) is 12.8 Å². The molecular formula is C16H17BrF3N5O3. The highest BCUT2D eigenvalue weighted by Crippen LogP contribution is 2.46. The lowest BCUT2D eigenvalue weighted by Crippen LogP contribution is -2.58. The first-order valence-electron chi connectivity index (χ1n) is 8.35. The molecule has 0 bridgehead atoms. The lowest BCUT2D eigenvalue weighted by molar-refractivity contribution is -0.274. The molecule has 1 aromatic rings. The minimum atomic E-state index is -5.01. The van der Waals surface area contributed by atoms with E-state index in [1.54, 1.807) is 0 Å². The zero-order chi connectivity index (χ0) is 20.7. The van der Waals surface area contributed by atoms with Crippen molar-refractivity contribution in [2.24, 2.45) is 21.5 Å². The van der Waals surface area contributed by atoms with Gasteiger partial charge in [-0.15, -0.1) is 13.2 Å². The fourth-order valence-electron chi connectivity index (χ4n) is 3.56. The lowest BCUT2D eigenvalue weighted by atomic mass is 9.87. The molecule has 1 fully saturated rings. The van der Waals surface area contributed by atoms with Gasteiger partial charge in [-0.1, -0.05) is 6.42 Å². The summed E-state index contributed by atoms with van der Waals surface area (Å²) in [5, 5.41) is 9.35. The number of aromatic carboxylic acids is 1. The number of alkyl halides is 3. The molecule has 1 aliphatic heterocycles. The second kappa shape index (κ2) is 7.15. The van der Waals surface area contributed by atoms with Crippen molar-refractivity contribution in [2.75, 3.05) is 4.90 Å².